The Morgan fingerprint density at radius 1 is 1.07 bits per heavy atom. The van der Waals surface area contributed by atoms with E-state index < -0.39 is 29.6 Å². The summed E-state index contributed by atoms with van der Waals surface area (Å²) in [5.41, 5.74) is -0.716. The van der Waals surface area contributed by atoms with E-state index in [2.05, 4.69) is 0 Å². The molecule has 150 valence electrons. The molecule has 6 nitrogen and oxygen atoms in total. The maximum atomic E-state index is 14.3. The number of carbonyl (C=O) groups excluding carboxylic acids is 2. The topological polar surface area (TPSA) is 61.9 Å². The van der Waals surface area contributed by atoms with Gasteiger partial charge in [-0.25, -0.2) is 9.18 Å². The van der Waals surface area contributed by atoms with Crippen molar-refractivity contribution in [2.24, 2.45) is 0 Å². The molecule has 0 radical (unpaired) electrons. The fourth-order valence-corrected chi connectivity index (χ4v) is 2.50. The predicted octanol–water partition coefficient (Wildman–Crippen LogP) is 3.38. The number of anilines is 2. The number of carbonyl (C=O) groups is 2. The summed E-state index contributed by atoms with van der Waals surface area (Å²) in [6.07, 6.45) is -5.50. The van der Waals surface area contributed by atoms with Gasteiger partial charge in [0.25, 0.3) is 0 Å². The van der Waals surface area contributed by atoms with Crippen LogP contribution in [0.5, 0.6) is 0 Å². The summed E-state index contributed by atoms with van der Waals surface area (Å²) in [6, 6.07) is 3.33. The maximum absolute atomic E-state index is 14.3. The van der Waals surface area contributed by atoms with Crippen LogP contribution < -0.4 is 10.2 Å². The van der Waals surface area contributed by atoms with Crippen LogP contribution in [-0.4, -0.2) is 54.9 Å². The smallest absolute Gasteiger partial charge is 0.444 e. The molecule has 1 fully saturated rings. The van der Waals surface area contributed by atoms with E-state index in [9.17, 15) is 27.2 Å². The van der Waals surface area contributed by atoms with E-state index in [1.165, 1.54) is 17.0 Å². The van der Waals surface area contributed by atoms with Crippen LogP contribution in [0.15, 0.2) is 18.2 Å². The van der Waals surface area contributed by atoms with E-state index >= 15 is 0 Å². The molecule has 1 heterocycles. The van der Waals surface area contributed by atoms with Crippen LogP contribution in [0.1, 0.15) is 20.8 Å². The van der Waals surface area contributed by atoms with E-state index in [1.807, 2.05) is 0 Å². The molecule has 1 saturated heterocycles. The first-order valence-corrected chi connectivity index (χ1v) is 8.27. The Kier molecular flexibility index (Phi) is 5.86. The summed E-state index contributed by atoms with van der Waals surface area (Å²) in [5.74, 6) is -2.93. The molecule has 1 aliphatic rings. The Morgan fingerprint density at radius 3 is 2.15 bits per heavy atom. The Balaban J connectivity index is 1.98. The van der Waals surface area contributed by atoms with Crippen molar-refractivity contribution >= 4 is 23.4 Å². The highest BCUT2D eigenvalue weighted by molar-refractivity contribution is 5.95. The summed E-state index contributed by atoms with van der Waals surface area (Å²) in [5, 5.41) is 1.60. The first-order valence-electron chi connectivity index (χ1n) is 8.27. The number of halogens is 4. The number of benzene rings is 1. The fraction of sp³-hybridized carbons (Fsp3) is 0.529. The van der Waals surface area contributed by atoms with Crippen molar-refractivity contribution < 1.29 is 31.9 Å². The molecule has 1 aliphatic heterocycles. The SMILES string of the molecule is CC(C)(C)OC(=O)N1CCN(c2ccc(NC(=O)C(F)(F)F)cc2F)CC1. The number of nitrogens with zero attached hydrogens (tertiary/aromatic N) is 2. The first-order chi connectivity index (χ1) is 12.4. The second-order valence-corrected chi connectivity index (χ2v) is 7.07. The highest BCUT2D eigenvalue weighted by Gasteiger charge is 2.38. The minimum atomic E-state index is -5.05. The van der Waals surface area contributed by atoms with Crippen LogP contribution in [0.4, 0.5) is 33.7 Å². The van der Waals surface area contributed by atoms with Crippen LogP contribution in [0.2, 0.25) is 0 Å². The highest BCUT2D eigenvalue weighted by Crippen LogP contribution is 2.26. The zero-order chi connectivity index (χ0) is 20.4. The summed E-state index contributed by atoms with van der Waals surface area (Å²) in [4.78, 5) is 26.1. The molecule has 2 amide bonds. The maximum Gasteiger partial charge on any atom is 0.471 e. The van der Waals surface area contributed by atoms with Crippen molar-refractivity contribution in [3.05, 3.63) is 24.0 Å². The molecule has 0 bridgehead atoms. The minimum Gasteiger partial charge on any atom is -0.444 e. The number of ether oxygens (including phenoxy) is 1. The fourth-order valence-electron chi connectivity index (χ4n) is 2.50. The van der Waals surface area contributed by atoms with Gasteiger partial charge in [0.1, 0.15) is 11.4 Å². The zero-order valence-electron chi connectivity index (χ0n) is 15.2. The number of rotatable bonds is 2. The summed E-state index contributed by atoms with van der Waals surface area (Å²) >= 11 is 0. The van der Waals surface area contributed by atoms with Crippen molar-refractivity contribution in [3.8, 4) is 0 Å². The largest absolute Gasteiger partial charge is 0.471 e. The van der Waals surface area contributed by atoms with Crippen LogP contribution in [-0.2, 0) is 9.53 Å². The molecular formula is C17H21F4N3O3. The Morgan fingerprint density at radius 2 is 1.67 bits per heavy atom. The van der Waals surface area contributed by atoms with Crippen LogP contribution >= 0.6 is 0 Å². The standard InChI is InChI=1S/C17H21F4N3O3/c1-16(2,3)27-15(26)24-8-6-23(7-9-24)13-5-4-11(10-12(13)18)22-14(25)17(19,20)21/h4-5,10H,6-9H2,1-3H3,(H,22,25). The summed E-state index contributed by atoms with van der Waals surface area (Å²) in [7, 11) is 0. The lowest BCUT2D eigenvalue weighted by Crippen LogP contribution is -2.50. The summed E-state index contributed by atoms with van der Waals surface area (Å²) < 4.78 is 56.3. The third-order valence-electron chi connectivity index (χ3n) is 3.74. The molecule has 0 unspecified atom stereocenters. The summed E-state index contributed by atoms with van der Waals surface area (Å²) in [6.45, 7) is 6.59. The Hall–Kier alpha value is -2.52. The minimum absolute atomic E-state index is 0.184. The molecule has 2 rings (SSSR count). The van der Waals surface area contributed by atoms with E-state index in [-0.39, 0.29) is 11.4 Å². The highest BCUT2D eigenvalue weighted by atomic mass is 19.4. The molecule has 0 saturated carbocycles. The van der Waals surface area contributed by atoms with Crippen molar-refractivity contribution in [2.75, 3.05) is 36.4 Å². The van der Waals surface area contributed by atoms with Crippen molar-refractivity contribution in [3.63, 3.8) is 0 Å². The number of piperazine rings is 1. The van der Waals surface area contributed by atoms with Gasteiger partial charge in [0.05, 0.1) is 5.69 Å². The van der Waals surface area contributed by atoms with Gasteiger partial charge in [0, 0.05) is 31.9 Å². The van der Waals surface area contributed by atoms with Crippen molar-refractivity contribution in [1.29, 1.82) is 0 Å². The van der Waals surface area contributed by atoms with Gasteiger partial charge in [-0.15, -0.1) is 0 Å². The quantitative estimate of drug-likeness (QED) is 0.786. The van der Waals surface area contributed by atoms with E-state index in [0.29, 0.717) is 26.2 Å². The zero-order valence-corrected chi connectivity index (χ0v) is 15.2. The third kappa shape index (κ3) is 5.73. The molecular weight excluding hydrogens is 370 g/mol. The molecule has 27 heavy (non-hydrogen) atoms. The van der Waals surface area contributed by atoms with Gasteiger partial charge in [-0.3, -0.25) is 4.79 Å². The number of hydrogen-bond donors (Lipinski definition) is 1. The molecule has 0 spiro atoms. The monoisotopic (exact) mass is 391 g/mol. The van der Waals surface area contributed by atoms with Gasteiger partial charge < -0.3 is 19.9 Å². The molecule has 1 aromatic rings. The van der Waals surface area contributed by atoms with Crippen molar-refractivity contribution in [1.82, 2.24) is 4.90 Å². The van der Waals surface area contributed by atoms with Gasteiger partial charge in [-0.05, 0) is 39.0 Å². The number of nitrogens with one attached hydrogen (secondary N) is 1. The lowest BCUT2D eigenvalue weighted by atomic mass is 10.2. The van der Waals surface area contributed by atoms with Gasteiger partial charge in [-0.1, -0.05) is 0 Å². The van der Waals surface area contributed by atoms with Gasteiger partial charge in [-0.2, -0.15) is 13.2 Å². The van der Waals surface area contributed by atoms with E-state index in [0.717, 1.165) is 6.07 Å². The van der Waals surface area contributed by atoms with E-state index in [4.69, 9.17) is 4.74 Å². The molecule has 0 aliphatic carbocycles. The van der Waals surface area contributed by atoms with Crippen LogP contribution in [0.3, 0.4) is 0 Å². The molecule has 1 aromatic carbocycles. The average molecular weight is 391 g/mol. The normalized spacial score (nSPS) is 15.5. The molecule has 0 aromatic heterocycles. The number of alkyl halides is 3. The van der Waals surface area contributed by atoms with E-state index in [1.54, 1.807) is 31.0 Å². The lowest BCUT2D eigenvalue weighted by Gasteiger charge is -2.36. The average Bonchev–Trinajstić information content (AvgIpc) is 2.52. The van der Waals surface area contributed by atoms with Crippen LogP contribution in [0, 0.1) is 5.82 Å². The predicted molar refractivity (Wildman–Crippen MR) is 91.1 cm³/mol. The van der Waals surface area contributed by atoms with Gasteiger partial charge in [0.15, 0.2) is 0 Å². The van der Waals surface area contributed by atoms with Crippen molar-refractivity contribution in [2.45, 2.75) is 32.5 Å². The number of amides is 2. The Labute approximate surface area is 154 Å². The van der Waals surface area contributed by atoms with Gasteiger partial charge >= 0.3 is 18.2 Å². The second-order valence-electron chi connectivity index (χ2n) is 7.07. The van der Waals surface area contributed by atoms with Gasteiger partial charge in [0.2, 0.25) is 0 Å². The molecule has 0 atom stereocenters. The first kappa shape index (κ1) is 20.8. The third-order valence-corrected chi connectivity index (χ3v) is 3.74. The second kappa shape index (κ2) is 7.61. The Bertz CT molecular complexity index is 708. The van der Waals surface area contributed by atoms with Crippen LogP contribution in [0.25, 0.3) is 0 Å². The molecule has 1 N–H and O–H groups in total. The number of hydrogen-bond acceptors (Lipinski definition) is 4. The lowest BCUT2D eigenvalue weighted by molar-refractivity contribution is -0.167. The molecule has 10 heteroatoms.